The summed E-state index contributed by atoms with van der Waals surface area (Å²) in [5, 5.41) is 2.19. The van der Waals surface area contributed by atoms with Crippen molar-refractivity contribution in [1.82, 2.24) is 9.80 Å². The molecule has 0 aromatic heterocycles. The molecule has 1 fully saturated rings. The number of alkyl halides is 6. The van der Waals surface area contributed by atoms with Crippen molar-refractivity contribution in [3.05, 3.63) is 29.3 Å². The Morgan fingerprint density at radius 3 is 2.12 bits per heavy atom. The summed E-state index contributed by atoms with van der Waals surface area (Å²) in [7, 11) is 4.23. The lowest BCUT2D eigenvalue weighted by atomic mass is 10.1. The van der Waals surface area contributed by atoms with E-state index in [0.717, 1.165) is 16.7 Å². The van der Waals surface area contributed by atoms with E-state index in [1.807, 2.05) is 5.32 Å². The van der Waals surface area contributed by atoms with Crippen LogP contribution in [0.3, 0.4) is 0 Å². The van der Waals surface area contributed by atoms with Crippen molar-refractivity contribution in [3.8, 4) is 0 Å². The van der Waals surface area contributed by atoms with Gasteiger partial charge in [-0.25, -0.2) is 14.3 Å². The van der Waals surface area contributed by atoms with Crippen molar-refractivity contribution in [1.29, 1.82) is 0 Å². The van der Waals surface area contributed by atoms with Crippen LogP contribution in [-0.2, 0) is 21.9 Å². The number of amides is 4. The van der Waals surface area contributed by atoms with Crippen LogP contribution >= 0.6 is 11.8 Å². The Balaban J connectivity index is 1.76. The van der Waals surface area contributed by atoms with Crippen molar-refractivity contribution in [2.75, 3.05) is 32.2 Å². The minimum atomic E-state index is -5.05. The van der Waals surface area contributed by atoms with E-state index >= 15 is 0 Å². The van der Waals surface area contributed by atoms with E-state index in [1.54, 1.807) is 0 Å². The number of anilines is 1. The minimum Gasteiger partial charge on any atom is -0.325 e. The lowest BCUT2D eigenvalue weighted by Gasteiger charge is -2.27. The summed E-state index contributed by atoms with van der Waals surface area (Å²) >= 11 is 0.801. The molecule has 1 N–H and O–H groups in total. The number of benzene rings is 1. The molecule has 2 aliphatic rings. The zero-order chi connectivity index (χ0) is 24.9. The minimum absolute atomic E-state index is 0.0442. The number of nitrogens with zero attached hydrogens (tertiary/aromatic N) is 4. The number of nitrogens with one attached hydrogen (secondary N) is 1. The summed E-state index contributed by atoms with van der Waals surface area (Å²) in [4.78, 5) is 42.9. The molecule has 1 saturated heterocycles. The molecule has 4 amide bonds. The Hall–Kier alpha value is -3.10. The van der Waals surface area contributed by atoms with Gasteiger partial charge in [0, 0.05) is 12.7 Å². The molecule has 33 heavy (non-hydrogen) atoms. The highest BCUT2D eigenvalue weighted by Crippen LogP contribution is 2.37. The van der Waals surface area contributed by atoms with Crippen molar-refractivity contribution in [2.24, 2.45) is 4.99 Å². The van der Waals surface area contributed by atoms with Gasteiger partial charge >= 0.3 is 18.4 Å². The number of amidine groups is 2. The molecule has 2 heterocycles. The van der Waals surface area contributed by atoms with Crippen molar-refractivity contribution in [3.63, 3.8) is 0 Å². The Morgan fingerprint density at radius 2 is 1.61 bits per heavy atom. The number of carbonyl (C=O) groups is 3. The SMILES string of the molecule is CN1C(=O)C2N=C(SCC(=O)Nc3cc(C(F)(F)F)cc(C(F)(F)F)c3)[N+](C)=C2N(C)C1=O. The highest BCUT2D eigenvalue weighted by atomic mass is 32.2. The van der Waals surface area contributed by atoms with Crippen LogP contribution in [0.4, 0.5) is 36.8 Å². The molecule has 1 aromatic rings. The highest BCUT2D eigenvalue weighted by molar-refractivity contribution is 8.14. The van der Waals surface area contributed by atoms with Crippen LogP contribution in [0.2, 0.25) is 0 Å². The van der Waals surface area contributed by atoms with Crippen LogP contribution in [0.1, 0.15) is 11.1 Å². The van der Waals surface area contributed by atoms with E-state index in [0.29, 0.717) is 12.1 Å². The van der Waals surface area contributed by atoms with Gasteiger partial charge in [0.15, 0.2) is 0 Å². The molecule has 1 unspecified atom stereocenters. The Labute approximate surface area is 186 Å². The number of urea groups is 1. The molecule has 0 spiro atoms. The van der Waals surface area contributed by atoms with Crippen LogP contribution in [-0.4, -0.2) is 76.2 Å². The number of rotatable bonds is 3. The molecule has 2 aliphatic heterocycles. The molecule has 178 valence electrons. The maximum atomic E-state index is 13.0. The number of aliphatic imine (C=N–C) groups is 1. The number of hydrogen-bond acceptors (Lipinski definition) is 5. The van der Waals surface area contributed by atoms with Crippen LogP contribution in [0.15, 0.2) is 23.2 Å². The van der Waals surface area contributed by atoms with Gasteiger partial charge < -0.3 is 5.32 Å². The second kappa shape index (κ2) is 8.35. The Kier molecular flexibility index (Phi) is 6.21. The van der Waals surface area contributed by atoms with E-state index in [-0.39, 0.29) is 17.1 Å². The molecular weight excluding hydrogens is 480 g/mol. The fourth-order valence-electron chi connectivity index (χ4n) is 3.20. The van der Waals surface area contributed by atoms with Gasteiger partial charge in [-0.2, -0.15) is 26.3 Å². The maximum absolute atomic E-state index is 13.0. The lowest BCUT2D eigenvalue weighted by Crippen LogP contribution is -2.59. The number of halogens is 6. The molecule has 1 atom stereocenters. The van der Waals surface area contributed by atoms with Crippen molar-refractivity contribution >= 4 is 46.3 Å². The predicted octanol–water partition coefficient (Wildman–Crippen LogP) is 2.70. The Bertz CT molecular complexity index is 1070. The molecule has 3 rings (SSSR count). The first-order valence-electron chi connectivity index (χ1n) is 9.07. The molecule has 15 heteroatoms. The topological polar surface area (TPSA) is 85.1 Å². The second-order valence-electron chi connectivity index (χ2n) is 7.10. The lowest BCUT2D eigenvalue weighted by molar-refractivity contribution is -0.367. The van der Waals surface area contributed by atoms with E-state index in [2.05, 4.69) is 4.99 Å². The van der Waals surface area contributed by atoms with Gasteiger partial charge in [0.1, 0.15) is 0 Å². The molecule has 0 saturated carbocycles. The van der Waals surface area contributed by atoms with E-state index < -0.39 is 58.8 Å². The van der Waals surface area contributed by atoms with Crippen LogP contribution in [0.25, 0.3) is 0 Å². The first-order chi connectivity index (χ1) is 15.1. The van der Waals surface area contributed by atoms with Crippen LogP contribution in [0.5, 0.6) is 0 Å². The average Bonchev–Trinajstić information content (AvgIpc) is 3.04. The fraction of sp³-hybridized carbons (Fsp3) is 0.389. The summed E-state index contributed by atoms with van der Waals surface area (Å²) in [6.07, 6.45) is -10.1. The van der Waals surface area contributed by atoms with Crippen LogP contribution in [0, 0.1) is 0 Å². The first kappa shape index (κ1) is 24.5. The number of likely N-dealkylation sites (N-methyl/N-ethyl adjacent to an activating group) is 2. The first-order valence-corrected chi connectivity index (χ1v) is 10.1. The third kappa shape index (κ3) is 4.82. The molecule has 8 nitrogen and oxygen atoms in total. The van der Waals surface area contributed by atoms with Gasteiger partial charge in [-0.05, 0) is 30.0 Å². The number of fused-ring (bicyclic) bond motifs is 1. The predicted molar refractivity (Wildman–Crippen MR) is 106 cm³/mol. The van der Waals surface area contributed by atoms with Gasteiger partial charge in [-0.3, -0.25) is 14.5 Å². The number of imide groups is 1. The molecule has 0 radical (unpaired) electrons. The van der Waals surface area contributed by atoms with Gasteiger partial charge in [0.2, 0.25) is 5.91 Å². The number of carbonyl (C=O) groups excluding carboxylic acids is 3. The van der Waals surface area contributed by atoms with Gasteiger partial charge in [0.25, 0.3) is 23.0 Å². The molecule has 0 aliphatic carbocycles. The molecule has 0 bridgehead atoms. The summed E-state index contributed by atoms with van der Waals surface area (Å²) in [5.41, 5.74) is -3.79. The second-order valence-corrected chi connectivity index (χ2v) is 8.04. The average molecular weight is 496 g/mol. The van der Waals surface area contributed by atoms with E-state index in [4.69, 9.17) is 0 Å². The Morgan fingerprint density at radius 1 is 1.06 bits per heavy atom. The summed E-state index contributed by atoms with van der Waals surface area (Å²) in [5.74, 6) is -1.64. The van der Waals surface area contributed by atoms with E-state index in [1.165, 1.54) is 30.6 Å². The van der Waals surface area contributed by atoms with E-state index in [9.17, 15) is 40.7 Å². The quantitative estimate of drug-likeness (QED) is 0.515. The molecule has 1 aromatic carbocycles. The van der Waals surface area contributed by atoms with Crippen molar-refractivity contribution in [2.45, 2.75) is 18.4 Å². The highest BCUT2D eigenvalue weighted by Gasteiger charge is 2.51. The zero-order valence-corrected chi connectivity index (χ0v) is 18.0. The third-order valence-electron chi connectivity index (χ3n) is 4.80. The standard InChI is InChI=1S/C18H15F6N5O3S/c1-27-13-12(14(31)29(3)16(32)28(13)2)26-15(27)33-7-11(30)25-10-5-8(17(19,20)21)4-9(6-10)18(22,23)24/h4-6,12H,7H2,1-3H3/p+1. The van der Waals surface area contributed by atoms with Gasteiger partial charge in [0.05, 0.1) is 31.0 Å². The third-order valence-corrected chi connectivity index (χ3v) is 5.84. The van der Waals surface area contributed by atoms with Crippen molar-refractivity contribution < 1.29 is 45.3 Å². The monoisotopic (exact) mass is 496 g/mol. The summed E-state index contributed by atoms with van der Waals surface area (Å²) in [6.45, 7) is 0. The number of hydrogen-bond donors (Lipinski definition) is 1. The fourth-order valence-corrected chi connectivity index (χ4v) is 4.00. The van der Waals surface area contributed by atoms with Gasteiger partial charge in [-0.1, -0.05) is 0 Å². The van der Waals surface area contributed by atoms with Gasteiger partial charge in [-0.15, -0.1) is 4.99 Å². The number of thioether (sulfide) groups is 1. The summed E-state index contributed by atoms with van der Waals surface area (Å²) in [6, 6.07) is -0.835. The normalized spacial score (nSPS) is 19.2. The zero-order valence-electron chi connectivity index (χ0n) is 17.2. The largest absolute Gasteiger partial charge is 0.416 e. The maximum Gasteiger partial charge on any atom is 0.416 e. The smallest absolute Gasteiger partial charge is 0.325 e. The molecular formula is C18H16F6N5O3S+. The van der Waals surface area contributed by atoms with Crippen LogP contribution < -0.4 is 5.32 Å². The summed E-state index contributed by atoms with van der Waals surface area (Å²) < 4.78 is 79.2.